The van der Waals surface area contributed by atoms with Crippen LogP contribution in [0.25, 0.3) is 0 Å². The molecule has 0 heterocycles. The second-order valence-corrected chi connectivity index (χ2v) is 5.71. The Labute approximate surface area is 123 Å². The van der Waals surface area contributed by atoms with E-state index in [0.29, 0.717) is 32.1 Å². The Balaban J connectivity index is 4.07. The molecule has 5 nitrogen and oxygen atoms in total. The van der Waals surface area contributed by atoms with Gasteiger partial charge >= 0.3 is 5.97 Å². The van der Waals surface area contributed by atoms with Crippen molar-refractivity contribution in [3.63, 3.8) is 0 Å². The first-order valence-corrected chi connectivity index (χ1v) is 7.38. The van der Waals surface area contributed by atoms with Crippen LogP contribution in [0.1, 0.15) is 41.0 Å². The Kier molecular flexibility index (Phi) is 9.80. The summed E-state index contributed by atoms with van der Waals surface area (Å²) in [5, 5.41) is 3.17. The van der Waals surface area contributed by atoms with E-state index in [1.54, 1.807) is 0 Å². The summed E-state index contributed by atoms with van der Waals surface area (Å²) in [7, 11) is 1.41. The molecule has 0 amide bonds. The van der Waals surface area contributed by atoms with Gasteiger partial charge in [0.25, 0.3) is 0 Å². The summed E-state index contributed by atoms with van der Waals surface area (Å²) in [4.78, 5) is 11.8. The summed E-state index contributed by atoms with van der Waals surface area (Å²) >= 11 is 0. The molecule has 0 bridgehead atoms. The minimum atomic E-state index is -0.707. The minimum absolute atomic E-state index is 0.0409. The van der Waals surface area contributed by atoms with Gasteiger partial charge in [-0.05, 0) is 26.3 Å². The van der Waals surface area contributed by atoms with Crippen LogP contribution in [0, 0.1) is 5.92 Å². The Morgan fingerprint density at radius 1 is 1.25 bits per heavy atom. The quantitative estimate of drug-likeness (QED) is 0.466. The summed E-state index contributed by atoms with van der Waals surface area (Å²) in [5.74, 6) is 0.273. The molecule has 0 spiro atoms. The normalized spacial score (nSPS) is 15.9. The minimum Gasteiger partial charge on any atom is -0.468 e. The second kappa shape index (κ2) is 10.1. The van der Waals surface area contributed by atoms with Crippen LogP contribution in [0.2, 0.25) is 0 Å². The number of esters is 1. The first-order chi connectivity index (χ1) is 9.35. The predicted octanol–water partition coefficient (Wildman–Crippen LogP) is 2.00. The van der Waals surface area contributed by atoms with E-state index >= 15 is 0 Å². The van der Waals surface area contributed by atoms with Crippen molar-refractivity contribution in [3.05, 3.63) is 0 Å². The zero-order valence-corrected chi connectivity index (χ0v) is 13.8. The van der Waals surface area contributed by atoms with Crippen molar-refractivity contribution in [1.82, 2.24) is 5.32 Å². The molecule has 0 aromatic rings. The van der Waals surface area contributed by atoms with Gasteiger partial charge < -0.3 is 19.5 Å². The standard InChI is InChI=1S/C15H31NO4/c1-7-16-15(5,14(17)18-6)10-13(4)20-9-8-19-11-12(2)3/h12-13,16H,7-11H2,1-6H3. The number of carbonyl (C=O) groups is 1. The van der Waals surface area contributed by atoms with E-state index in [1.807, 2.05) is 20.8 Å². The van der Waals surface area contributed by atoms with Gasteiger partial charge in [-0.2, -0.15) is 0 Å². The molecule has 2 unspecified atom stereocenters. The predicted molar refractivity (Wildman–Crippen MR) is 79.8 cm³/mol. The van der Waals surface area contributed by atoms with Crippen molar-refractivity contribution < 1.29 is 19.0 Å². The molecular weight excluding hydrogens is 258 g/mol. The molecule has 0 aliphatic heterocycles. The summed E-state index contributed by atoms with van der Waals surface area (Å²) < 4.78 is 16.0. The number of hydrogen-bond donors (Lipinski definition) is 1. The van der Waals surface area contributed by atoms with E-state index in [-0.39, 0.29) is 12.1 Å². The lowest BCUT2D eigenvalue weighted by Crippen LogP contribution is -2.52. The highest BCUT2D eigenvalue weighted by Crippen LogP contribution is 2.16. The van der Waals surface area contributed by atoms with Gasteiger partial charge in [0.1, 0.15) is 5.54 Å². The van der Waals surface area contributed by atoms with E-state index in [9.17, 15) is 4.79 Å². The number of hydrogen-bond acceptors (Lipinski definition) is 5. The third-order valence-electron chi connectivity index (χ3n) is 2.98. The molecule has 0 rings (SSSR count). The lowest BCUT2D eigenvalue weighted by atomic mass is 9.94. The van der Waals surface area contributed by atoms with E-state index in [2.05, 4.69) is 19.2 Å². The highest BCUT2D eigenvalue weighted by Gasteiger charge is 2.35. The average molecular weight is 289 g/mol. The summed E-state index contributed by atoms with van der Waals surface area (Å²) in [6.45, 7) is 12.6. The number of nitrogens with one attached hydrogen (secondary N) is 1. The molecule has 1 N–H and O–H groups in total. The van der Waals surface area contributed by atoms with Gasteiger partial charge in [0, 0.05) is 13.0 Å². The van der Waals surface area contributed by atoms with Crippen LogP contribution in [-0.2, 0) is 19.0 Å². The molecule has 0 radical (unpaired) electrons. The van der Waals surface area contributed by atoms with E-state index < -0.39 is 5.54 Å². The van der Waals surface area contributed by atoms with Crippen LogP contribution in [0.15, 0.2) is 0 Å². The van der Waals surface area contributed by atoms with Crippen LogP contribution in [0.5, 0.6) is 0 Å². The summed E-state index contributed by atoms with van der Waals surface area (Å²) in [5.41, 5.74) is -0.707. The van der Waals surface area contributed by atoms with Crippen molar-refractivity contribution in [3.8, 4) is 0 Å². The number of likely N-dealkylation sites (N-methyl/N-ethyl adjacent to an activating group) is 1. The van der Waals surface area contributed by atoms with Gasteiger partial charge in [0.15, 0.2) is 0 Å². The fourth-order valence-electron chi connectivity index (χ4n) is 2.10. The number of methoxy groups -OCH3 is 1. The van der Waals surface area contributed by atoms with E-state index in [4.69, 9.17) is 14.2 Å². The van der Waals surface area contributed by atoms with Crippen molar-refractivity contribution in [2.45, 2.75) is 52.7 Å². The zero-order valence-electron chi connectivity index (χ0n) is 13.8. The fourth-order valence-corrected chi connectivity index (χ4v) is 2.10. The molecule has 0 aromatic heterocycles. The number of ether oxygens (including phenoxy) is 3. The van der Waals surface area contributed by atoms with Crippen LogP contribution in [0.3, 0.4) is 0 Å². The van der Waals surface area contributed by atoms with Crippen molar-refractivity contribution in [1.29, 1.82) is 0 Å². The third-order valence-corrected chi connectivity index (χ3v) is 2.98. The molecule has 5 heteroatoms. The third kappa shape index (κ3) is 7.82. The Bertz CT molecular complexity index is 271. The molecule has 2 atom stereocenters. The Hall–Kier alpha value is -0.650. The maximum Gasteiger partial charge on any atom is 0.325 e. The van der Waals surface area contributed by atoms with Crippen molar-refractivity contribution in [2.75, 3.05) is 33.5 Å². The van der Waals surface area contributed by atoms with Gasteiger partial charge in [-0.3, -0.25) is 4.79 Å². The average Bonchev–Trinajstić information content (AvgIpc) is 2.37. The van der Waals surface area contributed by atoms with Gasteiger partial charge in [-0.1, -0.05) is 20.8 Å². The highest BCUT2D eigenvalue weighted by molar-refractivity contribution is 5.80. The van der Waals surface area contributed by atoms with Gasteiger partial charge in [-0.25, -0.2) is 0 Å². The van der Waals surface area contributed by atoms with Crippen LogP contribution in [-0.4, -0.2) is 51.1 Å². The number of carbonyl (C=O) groups excluding carboxylic acids is 1. The van der Waals surface area contributed by atoms with Crippen LogP contribution in [0.4, 0.5) is 0 Å². The molecule has 0 aliphatic rings. The molecule has 0 aliphatic carbocycles. The molecule has 0 aromatic carbocycles. The van der Waals surface area contributed by atoms with Crippen molar-refractivity contribution >= 4 is 5.97 Å². The maximum absolute atomic E-state index is 11.8. The van der Waals surface area contributed by atoms with Crippen LogP contribution >= 0.6 is 0 Å². The van der Waals surface area contributed by atoms with Gasteiger partial charge in [0.05, 0.1) is 26.4 Å². The molecule has 0 saturated carbocycles. The van der Waals surface area contributed by atoms with Crippen molar-refractivity contribution in [2.24, 2.45) is 5.92 Å². The topological polar surface area (TPSA) is 56.8 Å². The highest BCUT2D eigenvalue weighted by atomic mass is 16.5. The fraction of sp³-hybridized carbons (Fsp3) is 0.933. The smallest absolute Gasteiger partial charge is 0.325 e. The van der Waals surface area contributed by atoms with Gasteiger partial charge in [-0.15, -0.1) is 0 Å². The molecule has 0 fully saturated rings. The maximum atomic E-state index is 11.8. The monoisotopic (exact) mass is 289 g/mol. The first-order valence-electron chi connectivity index (χ1n) is 7.38. The second-order valence-electron chi connectivity index (χ2n) is 5.71. The Morgan fingerprint density at radius 3 is 2.40 bits per heavy atom. The van der Waals surface area contributed by atoms with Crippen LogP contribution < -0.4 is 5.32 Å². The largest absolute Gasteiger partial charge is 0.468 e. The molecule has 120 valence electrons. The van der Waals surface area contributed by atoms with Gasteiger partial charge in [0.2, 0.25) is 0 Å². The zero-order chi connectivity index (χ0) is 15.6. The molecular formula is C15H31NO4. The lowest BCUT2D eigenvalue weighted by molar-refractivity contribution is -0.149. The van der Waals surface area contributed by atoms with E-state index in [0.717, 1.165) is 6.61 Å². The number of rotatable bonds is 11. The first kappa shape index (κ1) is 19.4. The van der Waals surface area contributed by atoms with E-state index in [1.165, 1.54) is 7.11 Å². The summed E-state index contributed by atoms with van der Waals surface area (Å²) in [6.07, 6.45) is 0.526. The molecule has 0 saturated heterocycles. The molecule has 20 heavy (non-hydrogen) atoms. The SMILES string of the molecule is CCNC(C)(CC(C)OCCOCC(C)C)C(=O)OC. The lowest BCUT2D eigenvalue weighted by Gasteiger charge is -2.30. The summed E-state index contributed by atoms with van der Waals surface area (Å²) in [6, 6.07) is 0. The Morgan fingerprint density at radius 2 is 1.90 bits per heavy atom.